The minimum absolute atomic E-state index is 0.109. The first-order valence-electron chi connectivity index (χ1n) is 9.33. The second kappa shape index (κ2) is 8.31. The van der Waals surface area contributed by atoms with Crippen molar-refractivity contribution in [1.82, 2.24) is 14.8 Å². The summed E-state index contributed by atoms with van der Waals surface area (Å²) in [5.74, 6) is 0. The van der Waals surface area contributed by atoms with E-state index in [0.717, 1.165) is 11.6 Å². The second-order valence-electron chi connectivity index (χ2n) is 7.96. The fourth-order valence-corrected chi connectivity index (χ4v) is 3.81. The Labute approximate surface area is 172 Å². The number of carbonyl (C=O) groups excluding carboxylic acids is 1. The van der Waals surface area contributed by atoms with Crippen LogP contribution in [0.3, 0.4) is 0 Å². The number of hydrogen-bond acceptors (Lipinski definition) is 5. The van der Waals surface area contributed by atoms with E-state index < -0.39 is 17.3 Å². The minimum Gasteiger partial charge on any atom is -0.444 e. The molecule has 9 heteroatoms. The molecule has 1 saturated heterocycles. The Hall–Kier alpha value is -2.13. The molecular formula is C20H24F3N3O2S. The Bertz CT molecular complexity index is 840. The third kappa shape index (κ3) is 5.70. The molecule has 29 heavy (non-hydrogen) atoms. The van der Waals surface area contributed by atoms with E-state index in [2.05, 4.69) is 9.88 Å². The zero-order valence-electron chi connectivity index (χ0n) is 16.6. The van der Waals surface area contributed by atoms with Gasteiger partial charge >= 0.3 is 12.3 Å². The van der Waals surface area contributed by atoms with Crippen molar-refractivity contribution in [3.05, 3.63) is 40.9 Å². The van der Waals surface area contributed by atoms with Gasteiger partial charge in [0.25, 0.3) is 0 Å². The zero-order valence-corrected chi connectivity index (χ0v) is 17.4. The first kappa shape index (κ1) is 21.6. The van der Waals surface area contributed by atoms with E-state index in [9.17, 15) is 18.0 Å². The van der Waals surface area contributed by atoms with E-state index in [1.807, 2.05) is 20.8 Å². The second-order valence-corrected chi connectivity index (χ2v) is 8.85. The number of ether oxygens (including phenoxy) is 1. The first-order chi connectivity index (χ1) is 13.5. The highest BCUT2D eigenvalue weighted by molar-refractivity contribution is 7.13. The van der Waals surface area contributed by atoms with Gasteiger partial charge in [0.1, 0.15) is 10.6 Å². The molecule has 0 atom stereocenters. The van der Waals surface area contributed by atoms with Gasteiger partial charge in [0, 0.05) is 49.9 Å². The number of alkyl halides is 3. The van der Waals surface area contributed by atoms with Crippen LogP contribution in [0.2, 0.25) is 0 Å². The summed E-state index contributed by atoms with van der Waals surface area (Å²) in [6.07, 6.45) is -3.26. The van der Waals surface area contributed by atoms with Crippen LogP contribution in [0.4, 0.5) is 18.0 Å². The van der Waals surface area contributed by atoms with Crippen LogP contribution in [0.25, 0.3) is 10.6 Å². The Kier molecular flexibility index (Phi) is 6.19. The van der Waals surface area contributed by atoms with Crippen molar-refractivity contribution in [1.29, 1.82) is 0 Å². The molecule has 0 aliphatic carbocycles. The Morgan fingerprint density at radius 1 is 1.17 bits per heavy atom. The molecule has 5 nitrogen and oxygen atoms in total. The van der Waals surface area contributed by atoms with Crippen molar-refractivity contribution in [3.8, 4) is 10.6 Å². The number of piperazine rings is 1. The van der Waals surface area contributed by atoms with Crippen LogP contribution in [0.5, 0.6) is 0 Å². The van der Waals surface area contributed by atoms with Gasteiger partial charge in [0.05, 0.1) is 5.56 Å². The molecule has 0 N–H and O–H groups in total. The zero-order chi connectivity index (χ0) is 21.2. The Morgan fingerprint density at radius 2 is 1.86 bits per heavy atom. The normalized spacial score (nSPS) is 16.1. The summed E-state index contributed by atoms with van der Waals surface area (Å²) in [6.45, 7) is 8.30. The molecule has 2 heterocycles. The molecule has 2 aromatic rings. The van der Waals surface area contributed by atoms with Gasteiger partial charge < -0.3 is 9.64 Å². The highest BCUT2D eigenvalue weighted by atomic mass is 32.1. The monoisotopic (exact) mass is 427 g/mol. The smallest absolute Gasteiger partial charge is 0.417 e. The van der Waals surface area contributed by atoms with E-state index >= 15 is 0 Å². The average Bonchev–Trinajstić information content (AvgIpc) is 3.14. The summed E-state index contributed by atoms with van der Waals surface area (Å²) in [4.78, 5) is 20.0. The first-order valence-corrected chi connectivity index (χ1v) is 10.2. The van der Waals surface area contributed by atoms with Gasteiger partial charge in [0.2, 0.25) is 0 Å². The summed E-state index contributed by atoms with van der Waals surface area (Å²) < 4.78 is 45.5. The highest BCUT2D eigenvalue weighted by Gasteiger charge is 2.34. The van der Waals surface area contributed by atoms with Crippen molar-refractivity contribution < 1.29 is 22.7 Å². The van der Waals surface area contributed by atoms with Crippen LogP contribution in [0.1, 0.15) is 31.9 Å². The fraction of sp³-hybridized carbons (Fsp3) is 0.500. The van der Waals surface area contributed by atoms with Crippen molar-refractivity contribution in [2.45, 2.75) is 39.1 Å². The number of amides is 1. The van der Waals surface area contributed by atoms with Gasteiger partial charge in [-0.05, 0) is 38.5 Å². The quantitative estimate of drug-likeness (QED) is 0.700. The summed E-state index contributed by atoms with van der Waals surface area (Å²) >= 11 is 1.19. The number of rotatable bonds is 3. The summed E-state index contributed by atoms with van der Waals surface area (Å²) in [5, 5.41) is 2.02. The number of carbonyl (C=O) groups is 1. The van der Waals surface area contributed by atoms with Crippen molar-refractivity contribution >= 4 is 17.4 Å². The Balaban J connectivity index is 1.67. The van der Waals surface area contributed by atoms with Crippen molar-refractivity contribution in [2.24, 2.45) is 0 Å². The third-order valence-corrected chi connectivity index (χ3v) is 5.29. The van der Waals surface area contributed by atoms with Gasteiger partial charge in [0.15, 0.2) is 0 Å². The van der Waals surface area contributed by atoms with Crippen molar-refractivity contribution in [2.75, 3.05) is 26.2 Å². The molecule has 0 unspecified atom stereocenters. The summed E-state index contributed by atoms with van der Waals surface area (Å²) in [5.41, 5.74) is -0.321. The molecule has 1 aromatic heterocycles. The maximum Gasteiger partial charge on any atom is 0.417 e. The van der Waals surface area contributed by atoms with E-state index in [1.165, 1.54) is 23.6 Å². The van der Waals surface area contributed by atoms with Crippen molar-refractivity contribution in [3.63, 3.8) is 0 Å². The largest absolute Gasteiger partial charge is 0.444 e. The highest BCUT2D eigenvalue weighted by Crippen LogP contribution is 2.38. The number of benzene rings is 1. The Morgan fingerprint density at radius 3 is 2.41 bits per heavy atom. The number of nitrogens with zero attached hydrogens (tertiary/aromatic N) is 3. The molecular weight excluding hydrogens is 403 g/mol. The SMILES string of the molecule is CC(C)(C)OC(=O)N1CCN(Cc2ccc(C(F)(F)F)c(-c3nccs3)c2)CC1. The maximum absolute atomic E-state index is 13.4. The van der Waals surface area contributed by atoms with Gasteiger partial charge in [-0.2, -0.15) is 13.2 Å². The lowest BCUT2D eigenvalue weighted by Gasteiger charge is -2.35. The summed E-state index contributed by atoms with van der Waals surface area (Å²) in [7, 11) is 0. The maximum atomic E-state index is 13.4. The fourth-order valence-electron chi connectivity index (χ4n) is 3.14. The van der Waals surface area contributed by atoms with Gasteiger partial charge in [-0.25, -0.2) is 9.78 Å². The molecule has 3 rings (SSSR count). The summed E-state index contributed by atoms with van der Waals surface area (Å²) in [6, 6.07) is 4.21. The predicted molar refractivity (Wildman–Crippen MR) is 106 cm³/mol. The topological polar surface area (TPSA) is 45.7 Å². The van der Waals surface area contributed by atoms with E-state index in [4.69, 9.17) is 4.74 Å². The van der Waals surface area contributed by atoms with E-state index in [0.29, 0.717) is 37.7 Å². The predicted octanol–water partition coefficient (Wildman–Crippen LogP) is 4.88. The molecule has 0 spiro atoms. The van der Waals surface area contributed by atoms with Crippen LogP contribution in [-0.4, -0.2) is 52.7 Å². The minimum atomic E-state index is -4.43. The van der Waals surface area contributed by atoms with Crippen LogP contribution < -0.4 is 0 Å². The molecule has 1 amide bonds. The molecule has 1 aromatic carbocycles. The van der Waals surface area contributed by atoms with E-state index in [1.54, 1.807) is 16.3 Å². The van der Waals surface area contributed by atoms with Crippen LogP contribution in [0, 0.1) is 0 Å². The van der Waals surface area contributed by atoms with Crippen LogP contribution in [0.15, 0.2) is 29.8 Å². The molecule has 0 saturated carbocycles. The lowest BCUT2D eigenvalue weighted by atomic mass is 10.0. The van der Waals surface area contributed by atoms with Gasteiger partial charge in [-0.1, -0.05) is 6.07 Å². The number of hydrogen-bond donors (Lipinski definition) is 0. The molecule has 1 fully saturated rings. The lowest BCUT2D eigenvalue weighted by Crippen LogP contribution is -2.49. The lowest BCUT2D eigenvalue weighted by molar-refractivity contribution is -0.137. The van der Waals surface area contributed by atoms with Gasteiger partial charge in [-0.15, -0.1) is 11.3 Å². The standard InChI is InChI=1S/C20H24F3N3O2S/c1-19(2,3)28-18(27)26-9-7-25(8-10-26)13-14-4-5-16(20(21,22)23)15(12-14)17-24-6-11-29-17/h4-6,11-12H,7-10,13H2,1-3H3. The van der Waals surface area contributed by atoms with Crippen LogP contribution in [-0.2, 0) is 17.5 Å². The third-order valence-electron chi connectivity index (χ3n) is 4.48. The molecule has 1 aliphatic heterocycles. The number of aromatic nitrogens is 1. The molecule has 0 bridgehead atoms. The molecule has 1 aliphatic rings. The number of halogens is 3. The number of thiazole rings is 1. The average molecular weight is 427 g/mol. The molecule has 0 radical (unpaired) electrons. The van der Waals surface area contributed by atoms with E-state index in [-0.39, 0.29) is 11.7 Å². The van der Waals surface area contributed by atoms with Gasteiger partial charge in [-0.3, -0.25) is 4.90 Å². The van der Waals surface area contributed by atoms with Crippen LogP contribution >= 0.6 is 11.3 Å². The molecule has 158 valence electrons.